The van der Waals surface area contributed by atoms with E-state index >= 15 is 0 Å². The first-order chi connectivity index (χ1) is 12.0. The Balaban J connectivity index is 1.58. The van der Waals surface area contributed by atoms with E-state index in [0.717, 1.165) is 25.1 Å². The fourth-order valence-corrected chi connectivity index (χ4v) is 3.21. The minimum atomic E-state index is -0.175. The summed E-state index contributed by atoms with van der Waals surface area (Å²) in [4.78, 5) is 37.2. The Morgan fingerprint density at radius 2 is 1.96 bits per heavy atom. The van der Waals surface area contributed by atoms with Crippen LogP contribution in [0.4, 0.5) is 0 Å². The second-order valence-electron chi connectivity index (χ2n) is 6.35. The summed E-state index contributed by atoms with van der Waals surface area (Å²) in [5, 5.41) is 13.1. The van der Waals surface area contributed by atoms with Gasteiger partial charge < -0.3 is 4.90 Å². The van der Waals surface area contributed by atoms with Crippen molar-refractivity contribution in [1.29, 1.82) is 0 Å². The summed E-state index contributed by atoms with van der Waals surface area (Å²) >= 11 is 0. The third-order valence-electron chi connectivity index (χ3n) is 4.70. The van der Waals surface area contributed by atoms with Crippen molar-refractivity contribution < 1.29 is 9.59 Å². The number of carbonyl (C=O) groups is 2. The van der Waals surface area contributed by atoms with Crippen molar-refractivity contribution >= 4 is 11.7 Å². The molecule has 0 saturated carbocycles. The minimum Gasteiger partial charge on any atom is -0.337 e. The molecule has 9 heteroatoms. The number of Topliss-reactive ketones (excluding diaryl/α,β-unsaturated/α-hetero) is 1. The molecule has 1 aliphatic rings. The molecule has 0 bridgehead atoms. The van der Waals surface area contributed by atoms with Gasteiger partial charge in [-0.25, -0.2) is 9.89 Å². The maximum Gasteiger partial charge on any atom is 0.343 e. The fraction of sp³-hybridized carbons (Fsp3) is 0.562. The SMILES string of the molecule is CCn1c(CC2CCN(C(=O)c3cc(C(C)=O)n[nH]3)CC2)n[nH]c1=O. The molecule has 1 amide bonds. The van der Waals surface area contributed by atoms with Crippen molar-refractivity contribution in [3.05, 3.63) is 33.8 Å². The number of nitrogens with zero attached hydrogens (tertiary/aromatic N) is 4. The lowest BCUT2D eigenvalue weighted by Crippen LogP contribution is -2.39. The Morgan fingerprint density at radius 1 is 1.24 bits per heavy atom. The van der Waals surface area contributed by atoms with Crippen molar-refractivity contribution in [3.63, 3.8) is 0 Å². The van der Waals surface area contributed by atoms with E-state index in [9.17, 15) is 14.4 Å². The molecule has 25 heavy (non-hydrogen) atoms. The molecule has 1 saturated heterocycles. The number of likely N-dealkylation sites (tertiary alicyclic amines) is 1. The Hall–Kier alpha value is -2.71. The molecule has 2 N–H and O–H groups in total. The zero-order valence-corrected chi connectivity index (χ0v) is 14.4. The van der Waals surface area contributed by atoms with Crippen LogP contribution >= 0.6 is 0 Å². The first-order valence-corrected chi connectivity index (χ1v) is 8.49. The molecule has 2 aromatic rings. The molecule has 1 aliphatic heterocycles. The number of amides is 1. The number of rotatable bonds is 5. The summed E-state index contributed by atoms with van der Waals surface area (Å²) in [6, 6.07) is 1.50. The number of aromatic amines is 2. The molecular weight excluding hydrogens is 324 g/mol. The van der Waals surface area contributed by atoms with Crippen LogP contribution in [-0.2, 0) is 13.0 Å². The highest BCUT2D eigenvalue weighted by atomic mass is 16.2. The Bertz CT molecular complexity index is 825. The van der Waals surface area contributed by atoms with Crippen LogP contribution in [0.2, 0.25) is 0 Å². The molecule has 1 fully saturated rings. The van der Waals surface area contributed by atoms with E-state index < -0.39 is 0 Å². The summed E-state index contributed by atoms with van der Waals surface area (Å²) in [5.41, 5.74) is 0.440. The molecule has 3 rings (SSSR count). The fourth-order valence-electron chi connectivity index (χ4n) is 3.21. The molecule has 0 unspecified atom stereocenters. The van der Waals surface area contributed by atoms with E-state index in [1.54, 1.807) is 9.47 Å². The lowest BCUT2D eigenvalue weighted by Gasteiger charge is -2.31. The van der Waals surface area contributed by atoms with E-state index in [4.69, 9.17) is 0 Å². The van der Waals surface area contributed by atoms with Gasteiger partial charge in [0.15, 0.2) is 5.78 Å². The molecule has 0 radical (unpaired) electrons. The molecule has 2 aromatic heterocycles. The van der Waals surface area contributed by atoms with Gasteiger partial charge in [-0.1, -0.05) is 0 Å². The van der Waals surface area contributed by atoms with Crippen LogP contribution in [0.15, 0.2) is 10.9 Å². The van der Waals surface area contributed by atoms with Crippen LogP contribution in [-0.4, -0.2) is 54.6 Å². The largest absolute Gasteiger partial charge is 0.343 e. The lowest BCUT2D eigenvalue weighted by atomic mass is 9.93. The average molecular weight is 346 g/mol. The third kappa shape index (κ3) is 3.54. The van der Waals surface area contributed by atoms with E-state index in [1.807, 2.05) is 6.92 Å². The highest BCUT2D eigenvalue weighted by Gasteiger charge is 2.26. The van der Waals surface area contributed by atoms with Crippen molar-refractivity contribution in [2.24, 2.45) is 5.92 Å². The van der Waals surface area contributed by atoms with E-state index in [-0.39, 0.29) is 23.1 Å². The summed E-state index contributed by atoms with van der Waals surface area (Å²) in [7, 11) is 0. The first kappa shape index (κ1) is 17.1. The van der Waals surface area contributed by atoms with Gasteiger partial charge in [0.25, 0.3) is 5.91 Å². The van der Waals surface area contributed by atoms with Crippen molar-refractivity contribution in [3.8, 4) is 0 Å². The third-order valence-corrected chi connectivity index (χ3v) is 4.70. The smallest absolute Gasteiger partial charge is 0.337 e. The van der Waals surface area contributed by atoms with Crippen molar-refractivity contribution in [2.45, 2.75) is 39.7 Å². The standard InChI is InChI=1S/C16H22N6O3/c1-3-22-14(19-20-16(22)25)8-11-4-6-21(7-5-11)15(24)13-9-12(10(2)23)17-18-13/h9,11H,3-8H2,1-2H3,(H,17,18)(H,20,25). The number of carbonyl (C=O) groups excluding carboxylic acids is 2. The number of H-pyrrole nitrogens is 2. The highest BCUT2D eigenvalue weighted by molar-refractivity contribution is 5.97. The Kier molecular flexibility index (Phi) is 4.82. The molecule has 134 valence electrons. The number of aromatic nitrogens is 5. The van der Waals surface area contributed by atoms with E-state index in [2.05, 4.69) is 20.4 Å². The molecule has 0 aliphatic carbocycles. The Morgan fingerprint density at radius 3 is 2.56 bits per heavy atom. The molecule has 0 spiro atoms. The van der Waals surface area contributed by atoms with E-state index in [1.165, 1.54) is 13.0 Å². The quantitative estimate of drug-likeness (QED) is 0.770. The molecular formula is C16H22N6O3. The number of hydrogen-bond acceptors (Lipinski definition) is 5. The maximum atomic E-state index is 12.5. The lowest BCUT2D eigenvalue weighted by molar-refractivity contribution is 0.0683. The van der Waals surface area contributed by atoms with Gasteiger partial charge in [-0.3, -0.25) is 19.3 Å². The van der Waals surface area contributed by atoms with Crippen LogP contribution in [0.25, 0.3) is 0 Å². The van der Waals surface area contributed by atoms with Gasteiger partial charge in [0.05, 0.1) is 0 Å². The maximum absolute atomic E-state index is 12.5. The average Bonchev–Trinajstić information content (AvgIpc) is 3.22. The van der Waals surface area contributed by atoms with Crippen LogP contribution in [0, 0.1) is 5.92 Å². The summed E-state index contributed by atoms with van der Waals surface area (Å²) in [6.07, 6.45) is 2.43. The minimum absolute atomic E-state index is 0.135. The van der Waals surface area contributed by atoms with Gasteiger partial charge in [-0.2, -0.15) is 10.2 Å². The van der Waals surface area contributed by atoms with Gasteiger partial charge in [-0.05, 0) is 31.7 Å². The second-order valence-corrected chi connectivity index (χ2v) is 6.35. The topological polar surface area (TPSA) is 117 Å². The van der Waals surface area contributed by atoms with Crippen molar-refractivity contribution in [1.82, 2.24) is 29.9 Å². The summed E-state index contributed by atoms with van der Waals surface area (Å²) in [5.74, 6) is 0.856. The normalized spacial score (nSPS) is 15.5. The molecule has 9 nitrogen and oxygen atoms in total. The zero-order chi connectivity index (χ0) is 18.0. The molecule has 0 atom stereocenters. The zero-order valence-electron chi connectivity index (χ0n) is 14.4. The van der Waals surface area contributed by atoms with Gasteiger partial charge in [-0.15, -0.1) is 0 Å². The number of nitrogens with one attached hydrogen (secondary N) is 2. The van der Waals surface area contributed by atoms with Gasteiger partial charge in [0.2, 0.25) is 0 Å². The monoisotopic (exact) mass is 346 g/mol. The van der Waals surface area contributed by atoms with Crippen LogP contribution in [0.5, 0.6) is 0 Å². The molecule has 3 heterocycles. The number of hydrogen-bond donors (Lipinski definition) is 2. The number of ketones is 1. The molecule has 0 aromatic carbocycles. The number of piperidine rings is 1. The van der Waals surface area contributed by atoms with Crippen LogP contribution in [0.1, 0.15) is 53.5 Å². The summed E-state index contributed by atoms with van der Waals surface area (Å²) < 4.78 is 1.64. The van der Waals surface area contributed by atoms with Gasteiger partial charge in [0.1, 0.15) is 17.2 Å². The van der Waals surface area contributed by atoms with Crippen LogP contribution < -0.4 is 5.69 Å². The van der Waals surface area contributed by atoms with Crippen molar-refractivity contribution in [2.75, 3.05) is 13.1 Å². The predicted molar refractivity (Wildman–Crippen MR) is 89.4 cm³/mol. The second kappa shape index (κ2) is 7.04. The van der Waals surface area contributed by atoms with E-state index in [0.29, 0.717) is 31.2 Å². The van der Waals surface area contributed by atoms with Gasteiger partial charge in [0, 0.05) is 33.0 Å². The first-order valence-electron chi connectivity index (χ1n) is 8.49. The Labute approximate surface area is 144 Å². The predicted octanol–water partition coefficient (Wildman–Crippen LogP) is 0.612. The highest BCUT2D eigenvalue weighted by Crippen LogP contribution is 2.21. The van der Waals surface area contributed by atoms with Crippen LogP contribution in [0.3, 0.4) is 0 Å². The van der Waals surface area contributed by atoms with Gasteiger partial charge >= 0.3 is 5.69 Å². The summed E-state index contributed by atoms with van der Waals surface area (Å²) in [6.45, 7) is 5.21.